The van der Waals surface area contributed by atoms with Gasteiger partial charge in [-0.1, -0.05) is 72.0 Å². The second-order valence-corrected chi connectivity index (χ2v) is 9.60. The Balaban J connectivity index is 2.29. The maximum Gasteiger partial charge on any atom is 0.123 e. The first kappa shape index (κ1) is 21.9. The molecule has 0 amide bonds. The van der Waals surface area contributed by atoms with E-state index in [9.17, 15) is 10.2 Å². The van der Waals surface area contributed by atoms with Crippen LogP contribution in [-0.2, 0) is 5.41 Å². The van der Waals surface area contributed by atoms with Crippen molar-refractivity contribution in [3.8, 4) is 11.5 Å². The molecule has 2 nitrogen and oxygen atoms in total. The van der Waals surface area contributed by atoms with Crippen LogP contribution < -0.4 is 0 Å². The predicted molar refractivity (Wildman–Crippen MR) is 116 cm³/mol. The molecule has 0 aliphatic heterocycles. The Morgan fingerprint density at radius 1 is 1.11 bits per heavy atom. The molecule has 3 atom stereocenters. The number of phenols is 2. The van der Waals surface area contributed by atoms with Crippen LogP contribution in [0.15, 0.2) is 24.3 Å². The topological polar surface area (TPSA) is 40.5 Å². The number of phenolic OH excluding ortho intramolecular Hbond substituents is 2. The number of aromatic hydroxyl groups is 2. The van der Waals surface area contributed by atoms with Crippen LogP contribution >= 0.6 is 0 Å². The smallest absolute Gasteiger partial charge is 0.123 e. The fourth-order valence-electron chi connectivity index (χ4n) is 4.82. The number of hydrogen-bond donors (Lipinski definition) is 2. The van der Waals surface area contributed by atoms with E-state index < -0.39 is 0 Å². The average Bonchev–Trinajstić information content (AvgIpc) is 2.58. The van der Waals surface area contributed by atoms with Crippen LogP contribution in [0.2, 0.25) is 0 Å². The van der Waals surface area contributed by atoms with Crippen LogP contribution in [0.25, 0.3) is 0 Å². The molecule has 1 aliphatic carbocycles. The Morgan fingerprint density at radius 2 is 1.74 bits per heavy atom. The van der Waals surface area contributed by atoms with Crippen molar-refractivity contribution in [1.29, 1.82) is 0 Å². The molecule has 2 rings (SSSR count). The third-order valence-corrected chi connectivity index (χ3v) is 6.69. The molecule has 0 heterocycles. The molecule has 2 N–H and O–H groups in total. The van der Waals surface area contributed by atoms with Crippen LogP contribution in [0, 0.1) is 11.8 Å². The molecule has 0 aromatic heterocycles. The highest BCUT2D eigenvalue weighted by atomic mass is 16.3. The summed E-state index contributed by atoms with van der Waals surface area (Å²) in [6.45, 7) is 15.2. The van der Waals surface area contributed by atoms with Crippen molar-refractivity contribution in [2.45, 2.75) is 97.3 Å². The lowest BCUT2D eigenvalue weighted by molar-refractivity contribution is 0.267. The number of rotatable bonds is 8. The predicted octanol–water partition coefficient (Wildman–Crippen LogP) is 7.44. The average molecular weight is 373 g/mol. The molecule has 1 aromatic rings. The van der Waals surface area contributed by atoms with Crippen LogP contribution in [0.1, 0.15) is 103 Å². The number of unbranched alkanes of at least 4 members (excludes halogenated alkanes) is 3. The highest BCUT2D eigenvalue weighted by Gasteiger charge is 2.34. The molecule has 0 radical (unpaired) electrons. The van der Waals surface area contributed by atoms with Crippen LogP contribution in [0.4, 0.5) is 0 Å². The first-order valence-corrected chi connectivity index (χ1v) is 10.9. The second-order valence-electron chi connectivity index (χ2n) is 9.60. The van der Waals surface area contributed by atoms with Crippen LogP contribution in [-0.4, -0.2) is 10.2 Å². The van der Waals surface area contributed by atoms with E-state index in [0.717, 1.165) is 36.0 Å². The zero-order valence-corrected chi connectivity index (χ0v) is 18.1. The normalized spacial score (nSPS) is 23.4. The van der Waals surface area contributed by atoms with Gasteiger partial charge < -0.3 is 10.2 Å². The van der Waals surface area contributed by atoms with Gasteiger partial charge in [0.15, 0.2) is 0 Å². The fourth-order valence-corrected chi connectivity index (χ4v) is 4.82. The van der Waals surface area contributed by atoms with Crippen molar-refractivity contribution in [1.82, 2.24) is 0 Å². The molecule has 1 fully saturated rings. The number of benzene rings is 1. The molecule has 27 heavy (non-hydrogen) atoms. The van der Waals surface area contributed by atoms with Crippen molar-refractivity contribution < 1.29 is 10.2 Å². The SMILES string of the molecule is C=C(C)[C@@H]1CCC(C)C[C@H]1c1c(O)cc(C(C)(C)CCCCCC)cc1O. The van der Waals surface area contributed by atoms with Crippen molar-refractivity contribution in [3.05, 3.63) is 35.4 Å². The van der Waals surface area contributed by atoms with E-state index in [1.165, 1.54) is 32.1 Å². The van der Waals surface area contributed by atoms with Gasteiger partial charge in [-0.3, -0.25) is 0 Å². The second kappa shape index (κ2) is 9.17. The Hall–Kier alpha value is -1.44. The third kappa shape index (κ3) is 5.30. The molecule has 1 unspecified atom stereocenters. The van der Waals surface area contributed by atoms with Crippen molar-refractivity contribution >= 4 is 0 Å². The summed E-state index contributed by atoms with van der Waals surface area (Å²) in [6.07, 6.45) is 9.29. The van der Waals surface area contributed by atoms with E-state index in [1.54, 1.807) is 0 Å². The quantitative estimate of drug-likeness (QED) is 0.367. The standard InChI is InChI=1S/C25H40O2/c1-7-8-9-10-13-25(5,6)19-15-22(26)24(23(27)16-19)21-14-18(4)11-12-20(21)17(2)3/h15-16,18,20-21,26-27H,2,7-14H2,1,3-6H3/t18?,20-,21+/m0/s1. The summed E-state index contributed by atoms with van der Waals surface area (Å²) in [7, 11) is 0. The van der Waals surface area contributed by atoms with Gasteiger partial charge in [-0.05, 0) is 67.1 Å². The van der Waals surface area contributed by atoms with Gasteiger partial charge in [0.25, 0.3) is 0 Å². The van der Waals surface area contributed by atoms with Gasteiger partial charge in [-0.15, -0.1) is 0 Å². The first-order chi connectivity index (χ1) is 12.7. The van der Waals surface area contributed by atoms with Gasteiger partial charge in [0.1, 0.15) is 11.5 Å². The van der Waals surface area contributed by atoms with Gasteiger partial charge in [0, 0.05) is 5.56 Å². The minimum Gasteiger partial charge on any atom is -0.508 e. The summed E-state index contributed by atoms with van der Waals surface area (Å²) in [4.78, 5) is 0. The van der Waals surface area contributed by atoms with Crippen molar-refractivity contribution in [3.63, 3.8) is 0 Å². The monoisotopic (exact) mass is 372 g/mol. The Kier molecular flexibility index (Phi) is 7.42. The van der Waals surface area contributed by atoms with E-state index >= 15 is 0 Å². The summed E-state index contributed by atoms with van der Waals surface area (Å²) < 4.78 is 0. The van der Waals surface area contributed by atoms with Crippen LogP contribution in [0.5, 0.6) is 11.5 Å². The fraction of sp³-hybridized carbons (Fsp3) is 0.680. The van der Waals surface area contributed by atoms with E-state index in [0.29, 0.717) is 11.8 Å². The summed E-state index contributed by atoms with van der Waals surface area (Å²) in [5.74, 6) is 1.63. The molecule has 0 bridgehead atoms. The molecule has 2 heteroatoms. The van der Waals surface area contributed by atoms with Gasteiger partial charge in [0.05, 0.1) is 0 Å². The largest absolute Gasteiger partial charge is 0.508 e. The lowest BCUT2D eigenvalue weighted by atomic mass is 9.68. The summed E-state index contributed by atoms with van der Waals surface area (Å²) in [5.41, 5.74) is 2.88. The molecular weight excluding hydrogens is 332 g/mol. The Labute approximate surface area is 166 Å². The van der Waals surface area contributed by atoms with Gasteiger partial charge >= 0.3 is 0 Å². The highest BCUT2D eigenvalue weighted by molar-refractivity contribution is 5.51. The minimum atomic E-state index is -0.0468. The van der Waals surface area contributed by atoms with Crippen LogP contribution in [0.3, 0.4) is 0 Å². The Bertz CT molecular complexity index is 621. The lowest BCUT2D eigenvalue weighted by Crippen LogP contribution is -2.23. The highest BCUT2D eigenvalue weighted by Crippen LogP contribution is 2.50. The number of hydrogen-bond acceptors (Lipinski definition) is 2. The molecule has 1 aliphatic rings. The molecule has 0 spiro atoms. The zero-order valence-electron chi connectivity index (χ0n) is 18.1. The maximum atomic E-state index is 10.9. The molecule has 1 aromatic carbocycles. The number of allylic oxidation sites excluding steroid dienone is 1. The summed E-state index contributed by atoms with van der Waals surface area (Å²) >= 11 is 0. The molecule has 0 saturated heterocycles. The van der Waals surface area contributed by atoms with E-state index in [-0.39, 0.29) is 22.8 Å². The van der Waals surface area contributed by atoms with Gasteiger partial charge in [-0.2, -0.15) is 0 Å². The zero-order chi connectivity index (χ0) is 20.2. The summed E-state index contributed by atoms with van der Waals surface area (Å²) in [6, 6.07) is 3.81. The molecule has 152 valence electrons. The maximum absolute atomic E-state index is 10.9. The molecule has 1 saturated carbocycles. The third-order valence-electron chi connectivity index (χ3n) is 6.69. The first-order valence-electron chi connectivity index (χ1n) is 10.9. The van der Waals surface area contributed by atoms with E-state index in [4.69, 9.17) is 0 Å². The molecular formula is C25H40O2. The lowest BCUT2D eigenvalue weighted by Gasteiger charge is -2.37. The van der Waals surface area contributed by atoms with E-state index in [1.807, 2.05) is 12.1 Å². The summed E-state index contributed by atoms with van der Waals surface area (Å²) in [5, 5.41) is 21.8. The van der Waals surface area contributed by atoms with Gasteiger partial charge in [0.2, 0.25) is 0 Å². The minimum absolute atomic E-state index is 0.0468. The van der Waals surface area contributed by atoms with E-state index in [2.05, 4.69) is 41.2 Å². The van der Waals surface area contributed by atoms with Crippen molar-refractivity contribution in [2.75, 3.05) is 0 Å². The van der Waals surface area contributed by atoms with Crippen molar-refractivity contribution in [2.24, 2.45) is 11.8 Å². The van der Waals surface area contributed by atoms with Gasteiger partial charge in [-0.25, -0.2) is 0 Å². The Morgan fingerprint density at radius 3 is 2.30 bits per heavy atom.